The van der Waals surface area contributed by atoms with Crippen molar-refractivity contribution in [3.05, 3.63) is 35.4 Å². The Kier molecular flexibility index (Phi) is 3.49. The number of nitrogens with one attached hydrogen (secondary N) is 1. The van der Waals surface area contributed by atoms with Crippen molar-refractivity contribution in [1.82, 2.24) is 5.43 Å². The maximum Gasteiger partial charge on any atom is 0.417 e. The summed E-state index contributed by atoms with van der Waals surface area (Å²) in [6.45, 7) is 0. The van der Waals surface area contributed by atoms with Crippen LogP contribution in [0.5, 0.6) is 0 Å². The highest BCUT2D eigenvalue weighted by atomic mass is 19.4. The quantitative estimate of drug-likeness (QED) is 0.590. The van der Waals surface area contributed by atoms with E-state index in [0.717, 1.165) is 12.3 Å². The Morgan fingerprint density at radius 2 is 2.00 bits per heavy atom. The number of amides is 2. The first-order valence-electron chi connectivity index (χ1n) is 4.16. The number of halogens is 3. The largest absolute Gasteiger partial charge is 0.417 e. The van der Waals surface area contributed by atoms with Crippen LogP contribution in [0.25, 0.3) is 0 Å². The summed E-state index contributed by atoms with van der Waals surface area (Å²) in [4.78, 5) is 10.2. The minimum absolute atomic E-state index is 0.149. The van der Waals surface area contributed by atoms with Crippen LogP contribution in [-0.2, 0) is 6.18 Å². The topological polar surface area (TPSA) is 67.5 Å². The number of hydrogen-bond acceptors (Lipinski definition) is 2. The van der Waals surface area contributed by atoms with Gasteiger partial charge in [-0.15, -0.1) is 0 Å². The van der Waals surface area contributed by atoms with Crippen LogP contribution in [0.2, 0.25) is 0 Å². The van der Waals surface area contributed by atoms with Crippen LogP contribution in [-0.4, -0.2) is 12.2 Å². The van der Waals surface area contributed by atoms with Crippen molar-refractivity contribution in [1.29, 1.82) is 0 Å². The van der Waals surface area contributed by atoms with Gasteiger partial charge in [-0.05, 0) is 6.07 Å². The summed E-state index contributed by atoms with van der Waals surface area (Å²) in [5.74, 6) is 0. The second-order valence-corrected chi connectivity index (χ2v) is 2.82. The van der Waals surface area contributed by atoms with Crippen LogP contribution in [0.1, 0.15) is 11.1 Å². The summed E-state index contributed by atoms with van der Waals surface area (Å²) in [5.41, 5.74) is 5.53. The molecular weight excluding hydrogens is 223 g/mol. The summed E-state index contributed by atoms with van der Waals surface area (Å²) in [6.07, 6.45) is -3.58. The number of nitrogens with zero attached hydrogens (tertiary/aromatic N) is 1. The maximum atomic E-state index is 12.5. The smallest absolute Gasteiger partial charge is 0.350 e. The number of alkyl halides is 3. The van der Waals surface area contributed by atoms with E-state index >= 15 is 0 Å². The summed E-state index contributed by atoms with van der Waals surface area (Å²) >= 11 is 0. The number of rotatable bonds is 2. The fourth-order valence-corrected chi connectivity index (χ4v) is 1.03. The number of nitrogens with two attached hydrogens (primary N) is 1. The molecule has 1 rings (SSSR count). The Balaban J connectivity index is 2.96. The lowest BCUT2D eigenvalue weighted by molar-refractivity contribution is -0.137. The number of hydrogen-bond donors (Lipinski definition) is 2. The number of carbonyl (C=O) groups is 1. The molecule has 4 nitrogen and oxygen atoms in total. The first-order valence-corrected chi connectivity index (χ1v) is 4.16. The zero-order chi connectivity index (χ0) is 12.2. The van der Waals surface area contributed by atoms with Gasteiger partial charge < -0.3 is 5.73 Å². The molecule has 7 heteroatoms. The van der Waals surface area contributed by atoms with Gasteiger partial charge in [-0.25, -0.2) is 10.2 Å². The molecule has 0 heterocycles. The third-order valence-electron chi connectivity index (χ3n) is 1.64. The predicted molar refractivity (Wildman–Crippen MR) is 51.8 cm³/mol. The molecule has 0 radical (unpaired) electrons. The van der Waals surface area contributed by atoms with Crippen molar-refractivity contribution in [3.8, 4) is 0 Å². The highest BCUT2D eigenvalue weighted by molar-refractivity contribution is 5.83. The fourth-order valence-electron chi connectivity index (χ4n) is 1.03. The van der Waals surface area contributed by atoms with Crippen molar-refractivity contribution in [2.24, 2.45) is 10.8 Å². The summed E-state index contributed by atoms with van der Waals surface area (Å²) in [7, 11) is 0. The lowest BCUT2D eigenvalue weighted by Crippen LogP contribution is -2.24. The van der Waals surface area contributed by atoms with Gasteiger partial charge in [-0.1, -0.05) is 18.2 Å². The highest BCUT2D eigenvalue weighted by Crippen LogP contribution is 2.30. The first-order chi connectivity index (χ1) is 7.41. The molecule has 0 aliphatic rings. The second-order valence-electron chi connectivity index (χ2n) is 2.82. The predicted octanol–water partition coefficient (Wildman–Crippen LogP) is 1.71. The number of benzene rings is 1. The number of carbonyl (C=O) groups excluding carboxylic acids is 1. The van der Waals surface area contributed by atoms with Crippen LogP contribution in [0, 0.1) is 0 Å². The van der Waals surface area contributed by atoms with E-state index in [2.05, 4.69) is 5.10 Å². The molecule has 0 unspecified atom stereocenters. The van der Waals surface area contributed by atoms with E-state index in [1.165, 1.54) is 18.2 Å². The van der Waals surface area contributed by atoms with Gasteiger partial charge >= 0.3 is 12.2 Å². The van der Waals surface area contributed by atoms with Crippen LogP contribution in [0.3, 0.4) is 0 Å². The Morgan fingerprint density at radius 1 is 1.38 bits per heavy atom. The highest BCUT2D eigenvalue weighted by Gasteiger charge is 2.32. The van der Waals surface area contributed by atoms with Crippen molar-refractivity contribution in [3.63, 3.8) is 0 Å². The van der Waals surface area contributed by atoms with Gasteiger partial charge in [0, 0.05) is 5.56 Å². The summed E-state index contributed by atoms with van der Waals surface area (Å²) < 4.78 is 37.4. The molecule has 1 aromatic carbocycles. The standard InChI is InChI=1S/C9H8F3N3O/c10-9(11,12)7-4-2-1-3-6(7)5-14-15-8(13)16/h1-5H,(H3,13,15,16)/b14-5+. The average Bonchev–Trinajstić information content (AvgIpc) is 2.16. The van der Waals surface area contributed by atoms with Gasteiger partial charge in [0.15, 0.2) is 0 Å². The van der Waals surface area contributed by atoms with E-state index in [-0.39, 0.29) is 5.56 Å². The third kappa shape index (κ3) is 3.26. The molecule has 3 N–H and O–H groups in total. The van der Waals surface area contributed by atoms with E-state index in [4.69, 9.17) is 5.73 Å². The molecule has 0 aromatic heterocycles. The van der Waals surface area contributed by atoms with Gasteiger partial charge in [0.2, 0.25) is 0 Å². The van der Waals surface area contributed by atoms with Crippen LogP contribution < -0.4 is 11.2 Å². The van der Waals surface area contributed by atoms with Gasteiger partial charge in [0.25, 0.3) is 0 Å². The number of urea groups is 1. The molecule has 0 saturated carbocycles. The number of hydrazone groups is 1. The van der Waals surface area contributed by atoms with E-state index < -0.39 is 17.8 Å². The van der Waals surface area contributed by atoms with Crippen LogP contribution >= 0.6 is 0 Å². The first kappa shape index (κ1) is 12.0. The third-order valence-corrected chi connectivity index (χ3v) is 1.64. The zero-order valence-corrected chi connectivity index (χ0v) is 7.95. The Labute approximate surface area is 88.9 Å². The van der Waals surface area contributed by atoms with E-state index in [9.17, 15) is 18.0 Å². The molecule has 1 aromatic rings. The molecule has 0 fully saturated rings. The van der Waals surface area contributed by atoms with Gasteiger partial charge in [0.05, 0.1) is 11.8 Å². The Morgan fingerprint density at radius 3 is 2.56 bits per heavy atom. The van der Waals surface area contributed by atoms with Crippen molar-refractivity contribution >= 4 is 12.2 Å². The average molecular weight is 231 g/mol. The van der Waals surface area contributed by atoms with Crippen molar-refractivity contribution in [2.45, 2.75) is 6.18 Å². The van der Waals surface area contributed by atoms with Gasteiger partial charge in [-0.3, -0.25) is 0 Å². The lowest BCUT2D eigenvalue weighted by Gasteiger charge is -2.08. The van der Waals surface area contributed by atoms with Gasteiger partial charge in [0.1, 0.15) is 0 Å². The summed E-state index contributed by atoms with van der Waals surface area (Å²) in [6, 6.07) is 3.91. The molecule has 86 valence electrons. The normalized spacial score (nSPS) is 11.7. The molecule has 2 amide bonds. The SMILES string of the molecule is NC(=O)N/N=C/c1ccccc1C(F)(F)F. The molecule has 0 atom stereocenters. The monoisotopic (exact) mass is 231 g/mol. The van der Waals surface area contributed by atoms with Crippen molar-refractivity contribution < 1.29 is 18.0 Å². The van der Waals surface area contributed by atoms with E-state index in [1.54, 1.807) is 0 Å². The molecule has 0 aliphatic heterocycles. The summed E-state index contributed by atoms with van der Waals surface area (Å²) in [5, 5.41) is 3.27. The molecule has 0 bridgehead atoms. The maximum absolute atomic E-state index is 12.5. The molecule has 16 heavy (non-hydrogen) atoms. The number of primary amides is 1. The van der Waals surface area contributed by atoms with E-state index in [0.29, 0.717) is 0 Å². The fraction of sp³-hybridized carbons (Fsp3) is 0.111. The minimum Gasteiger partial charge on any atom is -0.350 e. The van der Waals surface area contributed by atoms with E-state index in [1.807, 2.05) is 5.43 Å². The molecule has 0 aliphatic carbocycles. The second kappa shape index (κ2) is 4.65. The molecule has 0 spiro atoms. The van der Waals surface area contributed by atoms with Gasteiger partial charge in [-0.2, -0.15) is 18.3 Å². The lowest BCUT2D eigenvalue weighted by atomic mass is 10.1. The molecule has 0 saturated heterocycles. The Hall–Kier alpha value is -2.05. The molecular formula is C9H8F3N3O. The van der Waals surface area contributed by atoms with Crippen LogP contribution in [0.4, 0.5) is 18.0 Å². The van der Waals surface area contributed by atoms with Crippen LogP contribution in [0.15, 0.2) is 29.4 Å². The minimum atomic E-state index is -4.46. The van der Waals surface area contributed by atoms with Crippen molar-refractivity contribution in [2.75, 3.05) is 0 Å². The zero-order valence-electron chi connectivity index (χ0n) is 7.95. The Bertz CT molecular complexity index is 415.